The van der Waals surface area contributed by atoms with Gasteiger partial charge < -0.3 is 5.11 Å². The van der Waals surface area contributed by atoms with Gasteiger partial charge in [-0.15, -0.1) is 6.58 Å². The molecule has 0 bridgehead atoms. The van der Waals surface area contributed by atoms with Crippen molar-refractivity contribution in [2.45, 2.75) is 38.7 Å². The zero-order chi connectivity index (χ0) is 20.5. The fraction of sp³-hybridized carbons (Fsp3) is 0.222. The number of hydrogen-bond acceptors (Lipinski definition) is 2. The number of pyridine rings is 1. The maximum Gasteiger partial charge on any atom is 0.0702 e. The van der Waals surface area contributed by atoms with E-state index in [1.54, 1.807) is 0 Å². The van der Waals surface area contributed by atoms with Crippen molar-refractivity contribution in [3.63, 3.8) is 0 Å². The third-order valence-electron chi connectivity index (χ3n) is 4.94. The second kappa shape index (κ2) is 10.5. The Morgan fingerprint density at radius 1 is 0.931 bits per heavy atom. The van der Waals surface area contributed by atoms with Gasteiger partial charge in [-0.05, 0) is 55.4 Å². The molecule has 148 valence electrons. The second-order valence-corrected chi connectivity index (χ2v) is 7.43. The summed E-state index contributed by atoms with van der Waals surface area (Å²) in [7, 11) is 0. The standard InChI is InChI=1S/C27H29NO/c1-3-7-22-10-14-24(15-11-22)26-18-19-27(28-20-26)25-16-12-23(13-17-25)9-6-4-5-8-21(2)29/h3,6,9-21,29H,1,4-5,7-8H2,2H3. The summed E-state index contributed by atoms with van der Waals surface area (Å²) < 4.78 is 0. The first-order valence-electron chi connectivity index (χ1n) is 10.3. The number of unbranched alkanes of at least 4 members (excludes halogenated alkanes) is 1. The molecule has 1 aromatic heterocycles. The van der Waals surface area contributed by atoms with E-state index in [0.717, 1.165) is 42.5 Å². The molecule has 0 radical (unpaired) electrons. The largest absolute Gasteiger partial charge is 0.393 e. The summed E-state index contributed by atoms with van der Waals surface area (Å²) in [5.41, 5.74) is 6.84. The van der Waals surface area contributed by atoms with Gasteiger partial charge in [0.05, 0.1) is 11.8 Å². The molecule has 0 amide bonds. The summed E-state index contributed by atoms with van der Waals surface area (Å²) in [5.74, 6) is 0. The number of allylic oxidation sites excluding steroid dienone is 2. The molecule has 29 heavy (non-hydrogen) atoms. The van der Waals surface area contributed by atoms with E-state index in [4.69, 9.17) is 0 Å². The first-order chi connectivity index (χ1) is 14.2. The lowest BCUT2D eigenvalue weighted by Gasteiger charge is -2.06. The lowest BCUT2D eigenvalue weighted by molar-refractivity contribution is 0.182. The Labute approximate surface area is 174 Å². The smallest absolute Gasteiger partial charge is 0.0702 e. The molecule has 3 aromatic rings. The third kappa shape index (κ3) is 6.27. The molecule has 0 aliphatic heterocycles. The minimum absolute atomic E-state index is 0.210. The summed E-state index contributed by atoms with van der Waals surface area (Å²) in [6.45, 7) is 5.62. The Bertz CT molecular complexity index is 920. The van der Waals surface area contributed by atoms with Crippen molar-refractivity contribution in [3.8, 4) is 22.4 Å². The Balaban J connectivity index is 1.62. The van der Waals surface area contributed by atoms with Gasteiger partial charge in [0.1, 0.15) is 0 Å². The summed E-state index contributed by atoms with van der Waals surface area (Å²) in [5, 5.41) is 9.29. The van der Waals surface area contributed by atoms with E-state index in [1.807, 2.05) is 19.2 Å². The van der Waals surface area contributed by atoms with Crippen LogP contribution in [0.15, 0.2) is 85.6 Å². The van der Waals surface area contributed by atoms with Crippen molar-refractivity contribution in [3.05, 3.63) is 96.7 Å². The normalized spacial score (nSPS) is 12.2. The molecule has 2 nitrogen and oxygen atoms in total. The maximum absolute atomic E-state index is 9.29. The molecule has 0 saturated heterocycles. The fourth-order valence-electron chi connectivity index (χ4n) is 3.25. The first-order valence-corrected chi connectivity index (χ1v) is 10.3. The summed E-state index contributed by atoms with van der Waals surface area (Å²) >= 11 is 0. The van der Waals surface area contributed by atoms with Gasteiger partial charge in [0, 0.05) is 17.3 Å². The summed E-state index contributed by atoms with van der Waals surface area (Å²) in [6.07, 6.45) is 11.7. The predicted molar refractivity (Wildman–Crippen MR) is 124 cm³/mol. The Kier molecular flexibility index (Phi) is 7.54. The van der Waals surface area contributed by atoms with Gasteiger partial charge in [-0.3, -0.25) is 4.98 Å². The van der Waals surface area contributed by atoms with Crippen LogP contribution in [0.5, 0.6) is 0 Å². The Morgan fingerprint density at radius 2 is 1.62 bits per heavy atom. The number of aliphatic hydroxyl groups excluding tert-OH is 1. The topological polar surface area (TPSA) is 33.1 Å². The zero-order valence-electron chi connectivity index (χ0n) is 17.1. The van der Waals surface area contributed by atoms with Crippen LogP contribution in [0.2, 0.25) is 0 Å². The molecule has 0 spiro atoms. The van der Waals surface area contributed by atoms with Crippen molar-refractivity contribution < 1.29 is 5.11 Å². The summed E-state index contributed by atoms with van der Waals surface area (Å²) in [6, 6.07) is 21.2. The molecule has 2 aromatic carbocycles. The number of rotatable bonds is 9. The quantitative estimate of drug-likeness (QED) is 0.329. The molecule has 1 heterocycles. The molecule has 1 unspecified atom stereocenters. The summed E-state index contributed by atoms with van der Waals surface area (Å²) in [4.78, 5) is 4.66. The minimum atomic E-state index is -0.210. The SMILES string of the molecule is C=CCc1ccc(-c2ccc(-c3ccc(C=CCCCC(C)O)cc3)nc2)cc1. The lowest BCUT2D eigenvalue weighted by atomic mass is 10.0. The van der Waals surface area contributed by atoms with E-state index in [0.29, 0.717) is 0 Å². The molecule has 0 saturated carbocycles. The average molecular weight is 384 g/mol. The van der Waals surface area contributed by atoms with E-state index in [9.17, 15) is 5.11 Å². The highest BCUT2D eigenvalue weighted by Gasteiger charge is 2.02. The minimum Gasteiger partial charge on any atom is -0.393 e. The highest BCUT2D eigenvalue weighted by Crippen LogP contribution is 2.23. The monoisotopic (exact) mass is 383 g/mol. The van der Waals surface area contributed by atoms with Gasteiger partial charge >= 0.3 is 0 Å². The van der Waals surface area contributed by atoms with Crippen LogP contribution in [0, 0.1) is 0 Å². The number of benzene rings is 2. The maximum atomic E-state index is 9.29. The first kappa shape index (κ1) is 20.8. The van der Waals surface area contributed by atoms with Crippen molar-refractivity contribution in [1.29, 1.82) is 0 Å². The predicted octanol–water partition coefficient (Wildman–Crippen LogP) is 6.71. The van der Waals surface area contributed by atoms with Crippen LogP contribution in [0.4, 0.5) is 0 Å². The van der Waals surface area contributed by atoms with Crippen LogP contribution in [0.3, 0.4) is 0 Å². The van der Waals surface area contributed by atoms with Crippen molar-refractivity contribution >= 4 is 6.08 Å². The van der Waals surface area contributed by atoms with Crippen molar-refractivity contribution in [2.24, 2.45) is 0 Å². The number of hydrogen-bond donors (Lipinski definition) is 1. The molecule has 0 aliphatic carbocycles. The zero-order valence-corrected chi connectivity index (χ0v) is 17.1. The van der Waals surface area contributed by atoms with E-state index < -0.39 is 0 Å². The molecule has 1 N–H and O–H groups in total. The van der Waals surface area contributed by atoms with E-state index in [2.05, 4.69) is 84.4 Å². The van der Waals surface area contributed by atoms with Crippen LogP contribution in [-0.2, 0) is 6.42 Å². The van der Waals surface area contributed by atoms with Crippen molar-refractivity contribution in [1.82, 2.24) is 4.98 Å². The third-order valence-corrected chi connectivity index (χ3v) is 4.94. The number of aromatic nitrogens is 1. The molecule has 1 atom stereocenters. The van der Waals surface area contributed by atoms with Crippen LogP contribution >= 0.6 is 0 Å². The van der Waals surface area contributed by atoms with Gasteiger partial charge in [0.15, 0.2) is 0 Å². The number of aliphatic hydroxyl groups is 1. The highest BCUT2D eigenvalue weighted by molar-refractivity contribution is 5.68. The molecule has 0 fully saturated rings. The van der Waals surface area contributed by atoms with Crippen molar-refractivity contribution in [2.75, 3.05) is 0 Å². The molecule has 2 heteroatoms. The van der Waals surface area contributed by atoms with Crippen LogP contribution in [0.1, 0.15) is 37.3 Å². The Morgan fingerprint density at radius 3 is 2.24 bits per heavy atom. The molecular formula is C27H29NO. The fourth-order valence-corrected chi connectivity index (χ4v) is 3.25. The molecular weight excluding hydrogens is 354 g/mol. The number of nitrogens with zero attached hydrogens (tertiary/aromatic N) is 1. The van der Waals surface area contributed by atoms with Crippen LogP contribution in [0.25, 0.3) is 28.5 Å². The lowest BCUT2D eigenvalue weighted by Crippen LogP contribution is -1.97. The molecule has 0 aliphatic rings. The van der Waals surface area contributed by atoms with Gasteiger partial charge in [-0.2, -0.15) is 0 Å². The van der Waals surface area contributed by atoms with Gasteiger partial charge in [0.25, 0.3) is 0 Å². The Hall–Kier alpha value is -2.97. The second-order valence-electron chi connectivity index (χ2n) is 7.43. The molecule has 3 rings (SSSR count). The highest BCUT2D eigenvalue weighted by atomic mass is 16.3. The van der Waals surface area contributed by atoms with E-state index in [1.165, 1.54) is 16.7 Å². The van der Waals surface area contributed by atoms with Gasteiger partial charge in [-0.1, -0.05) is 72.8 Å². The van der Waals surface area contributed by atoms with E-state index >= 15 is 0 Å². The van der Waals surface area contributed by atoms with Gasteiger partial charge in [-0.25, -0.2) is 0 Å². The van der Waals surface area contributed by atoms with E-state index in [-0.39, 0.29) is 6.10 Å². The average Bonchev–Trinajstić information content (AvgIpc) is 2.75. The van der Waals surface area contributed by atoms with Gasteiger partial charge in [0.2, 0.25) is 0 Å². The van der Waals surface area contributed by atoms with Crippen LogP contribution in [-0.4, -0.2) is 16.2 Å². The van der Waals surface area contributed by atoms with Crippen LogP contribution < -0.4 is 0 Å².